The van der Waals surface area contributed by atoms with E-state index >= 15 is 0 Å². The molecule has 188 valence electrons. The van der Waals surface area contributed by atoms with E-state index in [0.29, 0.717) is 6.41 Å². The predicted molar refractivity (Wildman–Crippen MR) is 125 cm³/mol. The molecule has 0 fully saturated rings. The second-order valence-electron chi connectivity index (χ2n) is 8.40. The topological polar surface area (TPSA) is 180 Å². The highest BCUT2D eigenvalue weighted by atomic mass is 16.3. The maximum atomic E-state index is 12.9. The zero-order valence-corrected chi connectivity index (χ0v) is 20.0. The average Bonchev–Trinajstić information content (AvgIpc) is 2.75. The zero-order chi connectivity index (χ0) is 25.8. The summed E-state index contributed by atoms with van der Waals surface area (Å²) in [6.45, 7) is 6.53. The molecule has 0 bridgehead atoms. The summed E-state index contributed by atoms with van der Waals surface area (Å²) in [4.78, 5) is 58.9. The van der Waals surface area contributed by atoms with Gasteiger partial charge in [0.05, 0.1) is 24.6 Å². The van der Waals surface area contributed by atoms with Crippen LogP contribution in [0.1, 0.15) is 45.2 Å². The standard InChI is InChI=1S/C23H35N5O6/c1-13(2)27-19(23(34)28-21(15(4)31)22(24)33)9-16-7-5-6-8-17(16)11-25-20(32)10-18(14(3)30)26-12-29/h5-8,12-13,15,18-19,21,27,31H,9-11H2,1-4H3,(H2,24,33)(H,25,32)(H,26,29)(H,28,34)/t15-,18+,19+,21+/m1/s1. The Bertz CT molecular complexity index is 873. The first kappa shape index (κ1) is 28.7. The summed E-state index contributed by atoms with van der Waals surface area (Å²) in [6, 6.07) is 4.28. The molecule has 11 nitrogen and oxygen atoms in total. The molecule has 0 saturated carbocycles. The molecule has 34 heavy (non-hydrogen) atoms. The molecule has 0 aliphatic heterocycles. The van der Waals surface area contributed by atoms with E-state index in [1.54, 1.807) is 18.2 Å². The summed E-state index contributed by atoms with van der Waals surface area (Å²) >= 11 is 0. The van der Waals surface area contributed by atoms with Crippen LogP contribution in [0.4, 0.5) is 0 Å². The van der Waals surface area contributed by atoms with E-state index in [0.717, 1.165) is 11.1 Å². The van der Waals surface area contributed by atoms with Crippen LogP contribution in [-0.2, 0) is 36.9 Å². The minimum absolute atomic E-state index is 0.0602. The Morgan fingerprint density at radius 2 is 1.68 bits per heavy atom. The van der Waals surface area contributed by atoms with Crippen molar-refractivity contribution in [2.75, 3.05) is 0 Å². The fraction of sp³-hybridized carbons (Fsp3) is 0.522. The number of carbonyl (C=O) groups is 5. The number of ketones is 1. The lowest BCUT2D eigenvalue weighted by atomic mass is 9.98. The second-order valence-corrected chi connectivity index (χ2v) is 8.40. The number of primary amides is 1. The van der Waals surface area contributed by atoms with E-state index in [1.165, 1.54) is 13.8 Å². The Kier molecular flexibility index (Phi) is 11.9. The normalized spacial score (nSPS) is 14.4. The number of rotatable bonds is 15. The molecule has 0 aromatic heterocycles. The van der Waals surface area contributed by atoms with E-state index in [1.807, 2.05) is 19.9 Å². The van der Waals surface area contributed by atoms with Crippen molar-refractivity contribution >= 4 is 29.9 Å². The highest BCUT2D eigenvalue weighted by Gasteiger charge is 2.28. The van der Waals surface area contributed by atoms with Gasteiger partial charge in [-0.05, 0) is 31.4 Å². The van der Waals surface area contributed by atoms with Gasteiger partial charge in [-0.1, -0.05) is 38.1 Å². The number of aliphatic hydroxyl groups excluding tert-OH is 1. The zero-order valence-electron chi connectivity index (χ0n) is 20.0. The summed E-state index contributed by atoms with van der Waals surface area (Å²) in [7, 11) is 0. The second kappa shape index (κ2) is 14.1. The quantitative estimate of drug-likeness (QED) is 0.169. The van der Waals surface area contributed by atoms with Crippen LogP contribution < -0.4 is 27.0 Å². The number of amides is 4. The van der Waals surface area contributed by atoms with Crippen molar-refractivity contribution in [1.29, 1.82) is 0 Å². The van der Waals surface area contributed by atoms with Gasteiger partial charge in [0.25, 0.3) is 0 Å². The van der Waals surface area contributed by atoms with Gasteiger partial charge in [-0.15, -0.1) is 0 Å². The molecule has 4 atom stereocenters. The summed E-state index contributed by atoms with van der Waals surface area (Å²) in [6.07, 6.45) is -0.730. The van der Waals surface area contributed by atoms with E-state index in [9.17, 15) is 29.1 Å². The first-order valence-corrected chi connectivity index (χ1v) is 11.0. The van der Waals surface area contributed by atoms with Gasteiger partial charge in [0, 0.05) is 12.6 Å². The smallest absolute Gasteiger partial charge is 0.242 e. The molecular weight excluding hydrogens is 442 g/mol. The largest absolute Gasteiger partial charge is 0.391 e. The van der Waals surface area contributed by atoms with Gasteiger partial charge in [0.15, 0.2) is 5.78 Å². The number of nitrogens with two attached hydrogens (primary N) is 1. The molecule has 0 aliphatic rings. The molecular formula is C23H35N5O6. The Hall–Kier alpha value is -3.31. The monoisotopic (exact) mass is 477 g/mol. The van der Waals surface area contributed by atoms with Crippen molar-refractivity contribution in [3.8, 4) is 0 Å². The minimum Gasteiger partial charge on any atom is -0.391 e. The molecule has 0 heterocycles. The number of Topliss-reactive ketones (excluding diaryl/α,β-unsaturated/α-hetero) is 1. The Labute approximate surface area is 199 Å². The number of benzene rings is 1. The molecule has 11 heteroatoms. The first-order valence-electron chi connectivity index (χ1n) is 11.0. The Morgan fingerprint density at radius 3 is 2.18 bits per heavy atom. The molecule has 4 amide bonds. The van der Waals surface area contributed by atoms with Crippen LogP contribution in [0.3, 0.4) is 0 Å². The SMILES string of the molecule is CC(=O)[C@H](CC(=O)NCc1ccccc1C[C@H](NC(C)C)C(=O)N[C@H](C(N)=O)[C@@H](C)O)NC=O. The van der Waals surface area contributed by atoms with Gasteiger partial charge in [-0.2, -0.15) is 0 Å². The third kappa shape index (κ3) is 9.67. The molecule has 1 rings (SSSR count). The van der Waals surface area contributed by atoms with Gasteiger partial charge in [-0.25, -0.2) is 0 Å². The van der Waals surface area contributed by atoms with Crippen molar-refractivity contribution in [3.05, 3.63) is 35.4 Å². The summed E-state index contributed by atoms with van der Waals surface area (Å²) in [5, 5.41) is 20.4. The molecule has 0 spiro atoms. The van der Waals surface area contributed by atoms with Gasteiger partial charge in [0.2, 0.25) is 24.1 Å². The van der Waals surface area contributed by atoms with Crippen LogP contribution in [0.5, 0.6) is 0 Å². The van der Waals surface area contributed by atoms with E-state index in [2.05, 4.69) is 21.3 Å². The highest BCUT2D eigenvalue weighted by molar-refractivity contribution is 5.90. The summed E-state index contributed by atoms with van der Waals surface area (Å²) in [5.74, 6) is -2.09. The summed E-state index contributed by atoms with van der Waals surface area (Å²) < 4.78 is 0. The van der Waals surface area contributed by atoms with Crippen molar-refractivity contribution in [3.63, 3.8) is 0 Å². The predicted octanol–water partition coefficient (Wildman–Crippen LogP) is -1.34. The maximum Gasteiger partial charge on any atom is 0.242 e. The first-order chi connectivity index (χ1) is 16.0. The van der Waals surface area contributed by atoms with Crippen LogP contribution in [0.15, 0.2) is 24.3 Å². The van der Waals surface area contributed by atoms with Gasteiger partial charge >= 0.3 is 0 Å². The average molecular weight is 478 g/mol. The van der Waals surface area contributed by atoms with Crippen LogP contribution >= 0.6 is 0 Å². The van der Waals surface area contributed by atoms with Crippen molar-refractivity contribution < 1.29 is 29.1 Å². The third-order valence-corrected chi connectivity index (χ3v) is 5.11. The molecule has 0 saturated heterocycles. The molecule has 0 radical (unpaired) electrons. The van der Waals surface area contributed by atoms with Crippen molar-refractivity contribution in [1.82, 2.24) is 21.3 Å². The molecule has 7 N–H and O–H groups in total. The fourth-order valence-corrected chi connectivity index (χ4v) is 3.32. The lowest BCUT2D eigenvalue weighted by Gasteiger charge is -2.25. The molecule has 1 aromatic rings. The van der Waals surface area contributed by atoms with Crippen LogP contribution in [-0.4, -0.2) is 65.3 Å². The highest BCUT2D eigenvalue weighted by Crippen LogP contribution is 2.13. The maximum absolute atomic E-state index is 12.9. The lowest BCUT2D eigenvalue weighted by Crippen LogP contribution is -2.57. The number of aliphatic hydroxyl groups is 1. The fourth-order valence-electron chi connectivity index (χ4n) is 3.32. The summed E-state index contributed by atoms with van der Waals surface area (Å²) in [5.41, 5.74) is 6.81. The molecule has 1 aromatic carbocycles. The van der Waals surface area contributed by atoms with E-state index in [4.69, 9.17) is 5.73 Å². The van der Waals surface area contributed by atoms with Crippen LogP contribution in [0, 0.1) is 0 Å². The van der Waals surface area contributed by atoms with Crippen LogP contribution in [0.25, 0.3) is 0 Å². The van der Waals surface area contributed by atoms with Crippen LogP contribution in [0.2, 0.25) is 0 Å². The van der Waals surface area contributed by atoms with Gasteiger partial charge in [-0.3, -0.25) is 24.0 Å². The molecule has 0 aliphatic carbocycles. The van der Waals surface area contributed by atoms with E-state index < -0.39 is 42.0 Å². The van der Waals surface area contributed by atoms with E-state index in [-0.39, 0.29) is 31.2 Å². The van der Waals surface area contributed by atoms with Gasteiger partial charge in [0.1, 0.15) is 6.04 Å². The number of carbonyl (C=O) groups excluding carboxylic acids is 5. The Balaban J connectivity index is 2.96. The minimum atomic E-state index is -1.23. The van der Waals surface area contributed by atoms with Crippen molar-refractivity contribution in [2.45, 2.75) is 77.4 Å². The Morgan fingerprint density at radius 1 is 1.06 bits per heavy atom. The van der Waals surface area contributed by atoms with Gasteiger partial charge < -0.3 is 32.1 Å². The lowest BCUT2D eigenvalue weighted by molar-refractivity contribution is -0.130. The molecule has 0 unspecified atom stereocenters. The number of hydrogen-bond donors (Lipinski definition) is 6. The number of nitrogens with one attached hydrogen (secondary N) is 4. The van der Waals surface area contributed by atoms with Crippen molar-refractivity contribution in [2.24, 2.45) is 5.73 Å². The third-order valence-electron chi connectivity index (χ3n) is 5.11. The number of hydrogen-bond acceptors (Lipinski definition) is 7.